The van der Waals surface area contributed by atoms with E-state index in [0.717, 1.165) is 14.8 Å². The van der Waals surface area contributed by atoms with Crippen molar-refractivity contribution in [1.29, 1.82) is 0 Å². The third-order valence-electron chi connectivity index (χ3n) is 2.64. The second-order valence-corrected chi connectivity index (χ2v) is 5.45. The zero-order chi connectivity index (χ0) is 14.4. The molecule has 0 saturated carbocycles. The lowest BCUT2D eigenvalue weighted by Crippen LogP contribution is -2.36. The molecule has 0 aromatic heterocycles. The molecule has 1 aromatic rings. The van der Waals surface area contributed by atoms with Gasteiger partial charge in [-0.2, -0.15) is 0 Å². The van der Waals surface area contributed by atoms with E-state index in [4.69, 9.17) is 5.11 Å². The molecule has 5 nitrogen and oxygen atoms in total. The Labute approximate surface area is 126 Å². The Bertz CT molecular complexity index is 477. The molecule has 19 heavy (non-hydrogen) atoms. The van der Waals surface area contributed by atoms with E-state index >= 15 is 0 Å². The summed E-state index contributed by atoms with van der Waals surface area (Å²) in [6, 6.07) is 5.74. The number of carboxylic acid groups (broad SMARTS) is 1. The number of halogens is 1. The molecule has 0 unspecified atom stereocenters. The van der Waals surface area contributed by atoms with Crippen LogP contribution in [0.15, 0.2) is 18.2 Å². The number of aryl methyl sites for hydroxylation is 1. The summed E-state index contributed by atoms with van der Waals surface area (Å²) < 4.78 is 1.11. The predicted molar refractivity (Wildman–Crippen MR) is 82.3 cm³/mol. The molecule has 0 aliphatic rings. The fourth-order valence-corrected chi connectivity index (χ4v) is 2.28. The minimum Gasteiger partial charge on any atom is -0.480 e. The fraction of sp³-hybridized carbons (Fsp3) is 0.385. The van der Waals surface area contributed by atoms with Gasteiger partial charge in [-0.3, -0.25) is 14.5 Å². The topological polar surface area (TPSA) is 69.6 Å². The number of carbonyl (C=O) groups is 2. The van der Waals surface area contributed by atoms with Crippen LogP contribution in [0.3, 0.4) is 0 Å². The number of amides is 1. The Morgan fingerprint density at radius 1 is 1.37 bits per heavy atom. The number of carbonyl (C=O) groups excluding carboxylic acids is 1. The predicted octanol–water partition coefficient (Wildman–Crippen LogP) is 1.94. The first kappa shape index (κ1) is 15.9. The molecule has 0 spiro atoms. The second kappa shape index (κ2) is 7.44. The lowest BCUT2D eigenvalue weighted by atomic mass is 10.2. The Morgan fingerprint density at radius 2 is 2.05 bits per heavy atom. The maximum Gasteiger partial charge on any atom is 0.317 e. The largest absolute Gasteiger partial charge is 0.480 e. The van der Waals surface area contributed by atoms with Crippen molar-refractivity contribution in [2.75, 3.05) is 25.0 Å². The molecule has 0 bridgehead atoms. The number of aliphatic carboxylic acids is 1. The summed E-state index contributed by atoms with van der Waals surface area (Å²) in [6.45, 7) is 4.22. The molecular weight excluding hydrogens is 359 g/mol. The molecule has 0 atom stereocenters. The van der Waals surface area contributed by atoms with Crippen LogP contribution in [-0.2, 0) is 9.59 Å². The first-order valence-corrected chi connectivity index (χ1v) is 7.00. The molecular formula is C13H17IN2O3. The number of carboxylic acids is 1. The Hall–Kier alpha value is -1.15. The number of likely N-dealkylation sites (N-methyl/N-ethyl adjacent to an activating group) is 1. The average molecular weight is 376 g/mol. The van der Waals surface area contributed by atoms with Gasteiger partial charge in [0.1, 0.15) is 0 Å². The lowest BCUT2D eigenvalue weighted by molar-refractivity contribution is -0.138. The van der Waals surface area contributed by atoms with Gasteiger partial charge in [0.25, 0.3) is 0 Å². The third kappa shape index (κ3) is 5.56. The standard InChI is InChI=1S/C13H17IN2O3/c1-3-16(8-13(18)19)7-12(17)15-11-5-4-10(14)6-9(11)2/h4-6H,3,7-8H2,1-2H3,(H,15,17)(H,18,19). The summed E-state index contributed by atoms with van der Waals surface area (Å²) in [5.74, 6) is -1.13. The van der Waals surface area contributed by atoms with E-state index in [9.17, 15) is 9.59 Å². The van der Waals surface area contributed by atoms with Crippen molar-refractivity contribution >= 4 is 40.2 Å². The number of hydrogen-bond acceptors (Lipinski definition) is 3. The van der Waals surface area contributed by atoms with Crippen LogP contribution in [0.25, 0.3) is 0 Å². The van der Waals surface area contributed by atoms with E-state index < -0.39 is 5.97 Å². The van der Waals surface area contributed by atoms with Crippen molar-refractivity contribution in [2.45, 2.75) is 13.8 Å². The van der Waals surface area contributed by atoms with E-state index in [1.165, 1.54) is 0 Å². The van der Waals surface area contributed by atoms with Crippen LogP contribution in [0.4, 0.5) is 5.69 Å². The molecule has 0 saturated heterocycles. The second-order valence-electron chi connectivity index (χ2n) is 4.20. The van der Waals surface area contributed by atoms with Crippen molar-refractivity contribution in [3.63, 3.8) is 0 Å². The summed E-state index contributed by atoms with van der Waals surface area (Å²) in [5, 5.41) is 11.5. The Balaban J connectivity index is 2.61. The number of anilines is 1. The van der Waals surface area contributed by atoms with Crippen molar-refractivity contribution in [1.82, 2.24) is 4.90 Å². The van der Waals surface area contributed by atoms with Gasteiger partial charge >= 0.3 is 5.97 Å². The van der Waals surface area contributed by atoms with Crippen LogP contribution in [0.2, 0.25) is 0 Å². The van der Waals surface area contributed by atoms with Gasteiger partial charge in [-0.15, -0.1) is 0 Å². The van der Waals surface area contributed by atoms with E-state index in [-0.39, 0.29) is 19.0 Å². The Kier molecular flexibility index (Phi) is 6.23. The summed E-state index contributed by atoms with van der Waals surface area (Å²) in [7, 11) is 0. The summed E-state index contributed by atoms with van der Waals surface area (Å²) >= 11 is 2.21. The highest BCUT2D eigenvalue weighted by Crippen LogP contribution is 2.17. The number of benzene rings is 1. The number of rotatable bonds is 6. The van der Waals surface area contributed by atoms with Gasteiger partial charge in [-0.1, -0.05) is 6.92 Å². The van der Waals surface area contributed by atoms with Gasteiger partial charge in [-0.25, -0.2) is 0 Å². The van der Waals surface area contributed by atoms with Crippen LogP contribution in [-0.4, -0.2) is 41.5 Å². The van der Waals surface area contributed by atoms with Gasteiger partial charge in [0.15, 0.2) is 0 Å². The normalized spacial score (nSPS) is 10.5. The number of nitrogens with one attached hydrogen (secondary N) is 1. The molecule has 0 heterocycles. The van der Waals surface area contributed by atoms with Crippen molar-refractivity contribution < 1.29 is 14.7 Å². The summed E-state index contributed by atoms with van der Waals surface area (Å²) in [5.41, 5.74) is 1.75. The molecule has 104 valence electrons. The quantitative estimate of drug-likeness (QED) is 0.745. The van der Waals surface area contributed by atoms with E-state index in [1.807, 2.05) is 32.0 Å². The molecule has 1 amide bonds. The molecule has 1 aromatic carbocycles. The highest BCUT2D eigenvalue weighted by Gasteiger charge is 2.12. The summed E-state index contributed by atoms with van der Waals surface area (Å²) in [4.78, 5) is 24.0. The molecule has 0 aliphatic heterocycles. The smallest absolute Gasteiger partial charge is 0.317 e. The van der Waals surface area contributed by atoms with E-state index in [2.05, 4.69) is 27.9 Å². The molecule has 6 heteroatoms. The highest BCUT2D eigenvalue weighted by atomic mass is 127. The molecule has 0 radical (unpaired) electrons. The average Bonchev–Trinajstić information content (AvgIpc) is 2.31. The van der Waals surface area contributed by atoms with Gasteiger partial charge in [0, 0.05) is 9.26 Å². The monoisotopic (exact) mass is 376 g/mol. The first-order chi connectivity index (χ1) is 8.92. The SMILES string of the molecule is CCN(CC(=O)O)CC(=O)Nc1ccc(I)cc1C. The van der Waals surface area contributed by atoms with Crippen LogP contribution in [0.1, 0.15) is 12.5 Å². The molecule has 1 rings (SSSR count). The minimum atomic E-state index is -0.930. The zero-order valence-electron chi connectivity index (χ0n) is 10.9. The lowest BCUT2D eigenvalue weighted by Gasteiger charge is -2.17. The maximum atomic E-state index is 11.9. The van der Waals surface area contributed by atoms with Crippen LogP contribution in [0.5, 0.6) is 0 Å². The van der Waals surface area contributed by atoms with Gasteiger partial charge in [0.2, 0.25) is 5.91 Å². The first-order valence-electron chi connectivity index (χ1n) is 5.92. The van der Waals surface area contributed by atoms with Crippen LogP contribution < -0.4 is 5.32 Å². The molecule has 0 aliphatic carbocycles. The minimum absolute atomic E-state index is 0.0776. The maximum absolute atomic E-state index is 11.9. The summed E-state index contributed by atoms with van der Waals surface area (Å²) in [6.07, 6.45) is 0. The van der Waals surface area contributed by atoms with Gasteiger partial charge < -0.3 is 10.4 Å². The molecule has 2 N–H and O–H groups in total. The fourth-order valence-electron chi connectivity index (χ4n) is 1.63. The number of nitrogens with zero attached hydrogens (tertiary/aromatic N) is 1. The van der Waals surface area contributed by atoms with Crippen molar-refractivity contribution in [3.8, 4) is 0 Å². The van der Waals surface area contributed by atoms with E-state index in [0.29, 0.717) is 6.54 Å². The van der Waals surface area contributed by atoms with Crippen molar-refractivity contribution in [2.24, 2.45) is 0 Å². The zero-order valence-corrected chi connectivity index (χ0v) is 13.1. The molecule has 0 fully saturated rings. The van der Waals surface area contributed by atoms with Crippen LogP contribution >= 0.6 is 22.6 Å². The Morgan fingerprint density at radius 3 is 2.58 bits per heavy atom. The van der Waals surface area contributed by atoms with Crippen molar-refractivity contribution in [3.05, 3.63) is 27.3 Å². The highest BCUT2D eigenvalue weighted by molar-refractivity contribution is 14.1. The van der Waals surface area contributed by atoms with Gasteiger partial charge in [-0.05, 0) is 59.8 Å². The third-order valence-corrected chi connectivity index (χ3v) is 3.31. The van der Waals surface area contributed by atoms with E-state index in [1.54, 1.807) is 4.90 Å². The van der Waals surface area contributed by atoms with Gasteiger partial charge in [0.05, 0.1) is 13.1 Å². The number of hydrogen-bond donors (Lipinski definition) is 2. The van der Waals surface area contributed by atoms with Crippen LogP contribution in [0, 0.1) is 10.5 Å².